The predicted molar refractivity (Wildman–Crippen MR) is 49.6 cm³/mol. The summed E-state index contributed by atoms with van der Waals surface area (Å²) in [5.74, 6) is -0.948. The molecule has 0 aromatic rings. The Hall–Kier alpha value is -0.570. The Kier molecular flexibility index (Phi) is 4.22. The fourth-order valence-electron chi connectivity index (χ4n) is 1.79. The van der Waals surface area contributed by atoms with Crippen LogP contribution in [0.2, 0.25) is 0 Å². The van der Waals surface area contributed by atoms with Gasteiger partial charge in [0.1, 0.15) is 0 Å². The van der Waals surface area contributed by atoms with Crippen LogP contribution in [0.3, 0.4) is 0 Å². The molecule has 0 heterocycles. The summed E-state index contributed by atoms with van der Waals surface area (Å²) in [6, 6.07) is 0. The van der Waals surface area contributed by atoms with E-state index in [9.17, 15) is 4.79 Å². The van der Waals surface area contributed by atoms with Crippen molar-refractivity contribution in [3.63, 3.8) is 0 Å². The van der Waals surface area contributed by atoms with Crippen molar-refractivity contribution < 1.29 is 14.6 Å². The summed E-state index contributed by atoms with van der Waals surface area (Å²) in [4.78, 5) is 10.8. The molecule has 0 radical (unpaired) electrons. The maximum absolute atomic E-state index is 10.8. The molecule has 0 aromatic heterocycles. The van der Waals surface area contributed by atoms with Crippen molar-refractivity contribution in [2.75, 3.05) is 6.61 Å². The average Bonchev–Trinajstić information content (AvgIpc) is 2.53. The molecule has 0 aliphatic heterocycles. The molecule has 0 aromatic carbocycles. The van der Waals surface area contributed by atoms with E-state index in [1.807, 2.05) is 0 Å². The lowest BCUT2D eigenvalue weighted by Crippen LogP contribution is -2.25. The zero-order chi connectivity index (χ0) is 9.68. The highest BCUT2D eigenvalue weighted by molar-refractivity contribution is 5.71. The molecule has 1 fully saturated rings. The molecule has 76 valence electrons. The number of hydrogen-bond acceptors (Lipinski definition) is 2. The third-order valence-corrected chi connectivity index (χ3v) is 2.60. The molecule has 0 spiro atoms. The van der Waals surface area contributed by atoms with Gasteiger partial charge in [0.25, 0.3) is 0 Å². The minimum Gasteiger partial charge on any atom is -0.481 e. The van der Waals surface area contributed by atoms with Crippen LogP contribution in [-0.4, -0.2) is 23.8 Å². The largest absolute Gasteiger partial charge is 0.481 e. The zero-order valence-electron chi connectivity index (χ0n) is 8.16. The lowest BCUT2D eigenvalue weighted by atomic mass is 10.1. The second-order valence-corrected chi connectivity index (χ2v) is 3.64. The number of unbranched alkanes of at least 4 members (excludes halogenated alkanes) is 1. The number of carbonyl (C=O) groups is 1. The molecule has 0 saturated heterocycles. The molecule has 1 saturated carbocycles. The molecule has 13 heavy (non-hydrogen) atoms. The molecule has 1 N–H and O–H groups in total. The Bertz CT molecular complexity index is 168. The van der Waals surface area contributed by atoms with Gasteiger partial charge in [0.15, 0.2) is 0 Å². The molecule has 1 aliphatic rings. The summed E-state index contributed by atoms with van der Waals surface area (Å²) in [6.45, 7) is 2.82. The fraction of sp³-hybridized carbons (Fsp3) is 0.900. The monoisotopic (exact) mass is 186 g/mol. The number of carboxylic acids is 1. The first-order valence-electron chi connectivity index (χ1n) is 5.10. The Labute approximate surface area is 79.1 Å². The van der Waals surface area contributed by atoms with Crippen LogP contribution in [0.5, 0.6) is 0 Å². The van der Waals surface area contributed by atoms with Gasteiger partial charge in [-0.2, -0.15) is 0 Å². The number of carboxylic acid groups (broad SMARTS) is 1. The van der Waals surface area contributed by atoms with Crippen LogP contribution in [0.25, 0.3) is 0 Å². The summed E-state index contributed by atoms with van der Waals surface area (Å²) >= 11 is 0. The summed E-state index contributed by atoms with van der Waals surface area (Å²) in [5.41, 5.74) is 0. The highest BCUT2D eigenvalue weighted by atomic mass is 16.5. The lowest BCUT2D eigenvalue weighted by molar-refractivity contribution is -0.146. The van der Waals surface area contributed by atoms with Crippen LogP contribution in [0.15, 0.2) is 0 Å². The van der Waals surface area contributed by atoms with E-state index in [4.69, 9.17) is 9.84 Å². The second-order valence-electron chi connectivity index (χ2n) is 3.64. The molecule has 0 bridgehead atoms. The van der Waals surface area contributed by atoms with Gasteiger partial charge >= 0.3 is 5.97 Å². The first-order chi connectivity index (χ1) is 6.25. The van der Waals surface area contributed by atoms with E-state index in [1.165, 1.54) is 0 Å². The van der Waals surface area contributed by atoms with Crippen molar-refractivity contribution in [2.45, 2.75) is 45.1 Å². The van der Waals surface area contributed by atoms with Gasteiger partial charge in [0.05, 0.1) is 12.0 Å². The van der Waals surface area contributed by atoms with Gasteiger partial charge in [0.2, 0.25) is 0 Å². The van der Waals surface area contributed by atoms with Crippen molar-refractivity contribution in [1.82, 2.24) is 0 Å². The van der Waals surface area contributed by atoms with Crippen LogP contribution in [0.1, 0.15) is 39.0 Å². The minimum absolute atomic E-state index is 0.0240. The third kappa shape index (κ3) is 2.99. The first kappa shape index (κ1) is 10.5. The third-order valence-electron chi connectivity index (χ3n) is 2.60. The molecule has 0 amide bonds. The Morgan fingerprint density at radius 2 is 2.31 bits per heavy atom. The van der Waals surface area contributed by atoms with Gasteiger partial charge < -0.3 is 9.84 Å². The smallest absolute Gasteiger partial charge is 0.309 e. The van der Waals surface area contributed by atoms with Gasteiger partial charge in [-0.15, -0.1) is 0 Å². The quantitative estimate of drug-likeness (QED) is 0.668. The van der Waals surface area contributed by atoms with Crippen molar-refractivity contribution in [3.8, 4) is 0 Å². The van der Waals surface area contributed by atoms with Crippen LogP contribution in [0.4, 0.5) is 0 Å². The SMILES string of the molecule is CCCCO[C@H]1CCC[C@H]1C(=O)O. The van der Waals surface area contributed by atoms with Crippen LogP contribution >= 0.6 is 0 Å². The van der Waals surface area contributed by atoms with Gasteiger partial charge in [-0.3, -0.25) is 4.79 Å². The Morgan fingerprint density at radius 1 is 1.54 bits per heavy atom. The van der Waals surface area contributed by atoms with Crippen molar-refractivity contribution in [1.29, 1.82) is 0 Å². The average molecular weight is 186 g/mol. The van der Waals surface area contributed by atoms with E-state index < -0.39 is 5.97 Å². The summed E-state index contributed by atoms with van der Waals surface area (Å²) in [5, 5.41) is 8.86. The molecule has 3 heteroatoms. The van der Waals surface area contributed by atoms with Gasteiger partial charge in [-0.25, -0.2) is 0 Å². The predicted octanol–water partition coefficient (Wildman–Crippen LogP) is 2.06. The first-order valence-corrected chi connectivity index (χ1v) is 5.10. The van der Waals surface area contributed by atoms with Crippen molar-refractivity contribution >= 4 is 5.97 Å². The minimum atomic E-state index is -0.695. The van der Waals surface area contributed by atoms with Crippen molar-refractivity contribution in [2.24, 2.45) is 5.92 Å². The summed E-state index contributed by atoms with van der Waals surface area (Å²) < 4.78 is 5.54. The Morgan fingerprint density at radius 3 is 2.92 bits per heavy atom. The highest BCUT2D eigenvalue weighted by Crippen LogP contribution is 2.28. The number of ether oxygens (including phenoxy) is 1. The van der Waals surface area contributed by atoms with Crippen LogP contribution in [0, 0.1) is 5.92 Å². The topological polar surface area (TPSA) is 46.5 Å². The normalized spacial score (nSPS) is 27.8. The molecular weight excluding hydrogens is 168 g/mol. The highest BCUT2D eigenvalue weighted by Gasteiger charge is 2.33. The number of hydrogen-bond donors (Lipinski definition) is 1. The molecule has 1 aliphatic carbocycles. The number of rotatable bonds is 5. The lowest BCUT2D eigenvalue weighted by Gasteiger charge is -2.16. The fourth-order valence-corrected chi connectivity index (χ4v) is 1.79. The van der Waals surface area contributed by atoms with E-state index in [2.05, 4.69) is 6.92 Å². The molecule has 2 atom stereocenters. The van der Waals surface area contributed by atoms with E-state index in [0.29, 0.717) is 6.61 Å². The molecule has 3 nitrogen and oxygen atoms in total. The van der Waals surface area contributed by atoms with Crippen molar-refractivity contribution in [3.05, 3.63) is 0 Å². The molecule has 0 unspecified atom stereocenters. The second kappa shape index (κ2) is 5.22. The van der Waals surface area contributed by atoms with E-state index in [1.54, 1.807) is 0 Å². The molecule has 1 rings (SSSR count). The zero-order valence-corrected chi connectivity index (χ0v) is 8.16. The Balaban J connectivity index is 2.27. The van der Waals surface area contributed by atoms with Crippen LogP contribution in [-0.2, 0) is 9.53 Å². The summed E-state index contributed by atoms with van der Waals surface area (Å²) in [6.07, 6.45) is 4.80. The standard InChI is InChI=1S/C10H18O3/c1-2-3-7-13-9-6-4-5-8(9)10(11)12/h8-9H,2-7H2,1H3,(H,11,12)/t8-,9+/m1/s1. The van der Waals surface area contributed by atoms with E-state index in [-0.39, 0.29) is 12.0 Å². The van der Waals surface area contributed by atoms with Crippen LogP contribution < -0.4 is 0 Å². The van der Waals surface area contributed by atoms with E-state index in [0.717, 1.165) is 32.1 Å². The maximum atomic E-state index is 10.8. The van der Waals surface area contributed by atoms with Gasteiger partial charge in [0, 0.05) is 6.61 Å². The van der Waals surface area contributed by atoms with E-state index >= 15 is 0 Å². The number of aliphatic carboxylic acids is 1. The van der Waals surface area contributed by atoms with Gasteiger partial charge in [-0.05, 0) is 25.7 Å². The molecular formula is C10H18O3. The van der Waals surface area contributed by atoms with Gasteiger partial charge in [-0.1, -0.05) is 13.3 Å². The summed E-state index contributed by atoms with van der Waals surface area (Å²) in [7, 11) is 0. The maximum Gasteiger partial charge on any atom is 0.309 e.